The summed E-state index contributed by atoms with van der Waals surface area (Å²) in [5, 5.41) is 0. The van der Waals surface area contributed by atoms with Gasteiger partial charge in [-0.3, -0.25) is 0 Å². The minimum atomic E-state index is 1.37. The zero-order valence-electron chi connectivity index (χ0n) is 12.3. The van der Waals surface area contributed by atoms with Crippen molar-refractivity contribution in [2.24, 2.45) is 0 Å². The molecule has 0 atom stereocenters. The number of hydrogen-bond donors (Lipinski definition) is 0. The van der Waals surface area contributed by atoms with E-state index in [1.807, 2.05) is 0 Å². The van der Waals surface area contributed by atoms with E-state index in [0.29, 0.717) is 0 Å². The van der Waals surface area contributed by atoms with E-state index in [1.54, 1.807) is 0 Å². The third-order valence-electron chi connectivity index (χ3n) is 4.45. The number of nitrogens with zero attached hydrogens (tertiary/aromatic N) is 1. The Labute approximate surface area is 109 Å². The highest BCUT2D eigenvalue weighted by molar-refractivity contribution is 4.53. The maximum Gasteiger partial charge on any atom is 0.0786 e. The van der Waals surface area contributed by atoms with Crippen molar-refractivity contribution in [1.29, 1.82) is 0 Å². The monoisotopic (exact) mass is 240 g/mol. The Morgan fingerprint density at radius 2 is 1.18 bits per heavy atom. The van der Waals surface area contributed by atoms with Crippen LogP contribution >= 0.6 is 0 Å². The molecule has 0 aliphatic carbocycles. The second-order valence-corrected chi connectivity index (χ2v) is 6.33. The Morgan fingerprint density at radius 1 is 0.706 bits per heavy atom. The standard InChI is InChI=1S/C16H34N/c1-3-4-5-6-7-8-9-10-11-14-17(2)15-12-13-16-17/h3-16H2,1-2H3/q+1. The first-order chi connectivity index (χ1) is 8.27. The van der Waals surface area contributed by atoms with Crippen molar-refractivity contribution >= 4 is 0 Å². The molecular weight excluding hydrogens is 206 g/mol. The largest absolute Gasteiger partial charge is 0.326 e. The van der Waals surface area contributed by atoms with Gasteiger partial charge in [-0.1, -0.05) is 51.9 Å². The molecule has 0 aromatic heterocycles. The summed E-state index contributed by atoms with van der Waals surface area (Å²) in [6.45, 7) is 6.62. The summed E-state index contributed by atoms with van der Waals surface area (Å²) in [6, 6.07) is 0. The molecule has 1 heterocycles. The lowest BCUT2D eigenvalue weighted by Gasteiger charge is -2.29. The fourth-order valence-electron chi connectivity index (χ4n) is 3.13. The molecule has 1 rings (SSSR count). The number of quaternary nitrogens is 1. The van der Waals surface area contributed by atoms with E-state index in [2.05, 4.69) is 14.0 Å². The average Bonchev–Trinajstić information content (AvgIpc) is 2.74. The first-order valence-corrected chi connectivity index (χ1v) is 8.10. The number of rotatable bonds is 10. The molecule has 0 bridgehead atoms. The molecule has 0 unspecified atom stereocenters. The summed E-state index contributed by atoms with van der Waals surface area (Å²) >= 11 is 0. The van der Waals surface area contributed by atoms with Gasteiger partial charge >= 0.3 is 0 Å². The van der Waals surface area contributed by atoms with Gasteiger partial charge in [-0.2, -0.15) is 0 Å². The maximum absolute atomic E-state index is 2.46. The summed E-state index contributed by atoms with van der Waals surface area (Å²) in [5.41, 5.74) is 0. The van der Waals surface area contributed by atoms with E-state index in [4.69, 9.17) is 0 Å². The fourth-order valence-corrected chi connectivity index (χ4v) is 3.13. The second-order valence-electron chi connectivity index (χ2n) is 6.33. The molecular formula is C16H34N+. The van der Waals surface area contributed by atoms with Crippen LogP contribution in [0.2, 0.25) is 0 Å². The van der Waals surface area contributed by atoms with Gasteiger partial charge in [-0.25, -0.2) is 0 Å². The molecule has 1 aliphatic heterocycles. The SMILES string of the molecule is CCCCCCCCCCC[N+]1(C)CCCC1. The summed E-state index contributed by atoms with van der Waals surface area (Å²) in [6.07, 6.45) is 16.1. The minimum absolute atomic E-state index is 1.37. The van der Waals surface area contributed by atoms with Crippen molar-refractivity contribution in [1.82, 2.24) is 0 Å². The molecule has 0 amide bonds. The van der Waals surface area contributed by atoms with Crippen molar-refractivity contribution < 1.29 is 4.48 Å². The van der Waals surface area contributed by atoms with Gasteiger partial charge in [0.1, 0.15) is 0 Å². The van der Waals surface area contributed by atoms with Crippen molar-refractivity contribution in [2.45, 2.75) is 77.6 Å². The number of likely N-dealkylation sites (tertiary alicyclic amines) is 1. The van der Waals surface area contributed by atoms with Crippen LogP contribution in [0, 0.1) is 0 Å². The predicted molar refractivity (Wildman–Crippen MR) is 77.2 cm³/mol. The lowest BCUT2D eigenvalue weighted by atomic mass is 10.1. The van der Waals surface area contributed by atoms with Crippen LogP contribution in [-0.2, 0) is 0 Å². The molecule has 1 fully saturated rings. The van der Waals surface area contributed by atoms with Crippen molar-refractivity contribution in [3.05, 3.63) is 0 Å². The molecule has 102 valence electrons. The molecule has 0 spiro atoms. The molecule has 0 radical (unpaired) electrons. The molecule has 17 heavy (non-hydrogen) atoms. The average molecular weight is 240 g/mol. The molecule has 1 saturated heterocycles. The molecule has 0 N–H and O–H groups in total. The van der Waals surface area contributed by atoms with Crippen molar-refractivity contribution in [3.63, 3.8) is 0 Å². The predicted octanol–water partition coefficient (Wildman–Crippen LogP) is 4.76. The minimum Gasteiger partial charge on any atom is -0.326 e. The van der Waals surface area contributed by atoms with Crippen molar-refractivity contribution in [2.75, 3.05) is 26.7 Å². The van der Waals surface area contributed by atoms with E-state index >= 15 is 0 Å². The smallest absolute Gasteiger partial charge is 0.0786 e. The first kappa shape index (κ1) is 15.0. The molecule has 1 aliphatic rings. The highest BCUT2D eigenvalue weighted by Crippen LogP contribution is 2.18. The number of hydrogen-bond acceptors (Lipinski definition) is 0. The Kier molecular flexibility index (Phi) is 7.92. The first-order valence-electron chi connectivity index (χ1n) is 8.10. The van der Waals surface area contributed by atoms with E-state index in [0.717, 1.165) is 0 Å². The fraction of sp³-hybridized carbons (Fsp3) is 1.00. The molecule has 1 heteroatoms. The zero-order valence-corrected chi connectivity index (χ0v) is 12.3. The van der Waals surface area contributed by atoms with Gasteiger partial charge in [-0.15, -0.1) is 0 Å². The Morgan fingerprint density at radius 3 is 1.71 bits per heavy atom. The van der Waals surface area contributed by atoms with E-state index in [-0.39, 0.29) is 0 Å². The van der Waals surface area contributed by atoms with Gasteiger partial charge < -0.3 is 4.48 Å². The van der Waals surface area contributed by atoms with Crippen LogP contribution in [0.5, 0.6) is 0 Å². The quantitative estimate of drug-likeness (QED) is 0.381. The molecule has 0 aromatic rings. The lowest BCUT2D eigenvalue weighted by molar-refractivity contribution is -0.897. The van der Waals surface area contributed by atoms with Crippen LogP contribution in [0.15, 0.2) is 0 Å². The maximum atomic E-state index is 2.46. The van der Waals surface area contributed by atoms with Gasteiger partial charge in [0, 0.05) is 12.8 Å². The molecule has 0 aromatic carbocycles. The summed E-state index contributed by atoms with van der Waals surface area (Å²) in [7, 11) is 2.46. The van der Waals surface area contributed by atoms with Gasteiger partial charge in [0.25, 0.3) is 0 Å². The van der Waals surface area contributed by atoms with Gasteiger partial charge in [0.2, 0.25) is 0 Å². The Balaban J connectivity index is 1.81. The number of unbranched alkanes of at least 4 members (excludes halogenated alkanes) is 8. The summed E-state index contributed by atoms with van der Waals surface area (Å²) < 4.78 is 1.37. The van der Waals surface area contributed by atoms with Crippen LogP contribution in [-0.4, -0.2) is 31.2 Å². The third-order valence-corrected chi connectivity index (χ3v) is 4.45. The van der Waals surface area contributed by atoms with Crippen LogP contribution in [0.3, 0.4) is 0 Å². The van der Waals surface area contributed by atoms with Crippen LogP contribution in [0.25, 0.3) is 0 Å². The van der Waals surface area contributed by atoms with Crippen LogP contribution in [0.1, 0.15) is 77.6 Å². The van der Waals surface area contributed by atoms with E-state index < -0.39 is 0 Å². The van der Waals surface area contributed by atoms with Gasteiger partial charge in [0.05, 0.1) is 26.7 Å². The van der Waals surface area contributed by atoms with Crippen molar-refractivity contribution in [3.8, 4) is 0 Å². The topological polar surface area (TPSA) is 0 Å². The van der Waals surface area contributed by atoms with Crippen LogP contribution in [0.4, 0.5) is 0 Å². The van der Waals surface area contributed by atoms with E-state index in [1.165, 1.54) is 94.7 Å². The highest BCUT2D eigenvalue weighted by Gasteiger charge is 2.25. The van der Waals surface area contributed by atoms with Gasteiger partial charge in [-0.05, 0) is 12.8 Å². The highest BCUT2D eigenvalue weighted by atomic mass is 15.3. The molecule has 0 saturated carbocycles. The lowest BCUT2D eigenvalue weighted by Crippen LogP contribution is -2.41. The van der Waals surface area contributed by atoms with Crippen LogP contribution < -0.4 is 0 Å². The van der Waals surface area contributed by atoms with Gasteiger partial charge in [0.15, 0.2) is 0 Å². The zero-order chi connectivity index (χ0) is 12.4. The Bertz CT molecular complexity index is 170. The second kappa shape index (κ2) is 8.97. The third kappa shape index (κ3) is 7.08. The molecule has 1 nitrogen and oxygen atoms in total. The van der Waals surface area contributed by atoms with E-state index in [9.17, 15) is 0 Å². The summed E-state index contributed by atoms with van der Waals surface area (Å²) in [5.74, 6) is 0. The summed E-state index contributed by atoms with van der Waals surface area (Å²) in [4.78, 5) is 0. The normalized spacial score (nSPS) is 18.7. The Hall–Kier alpha value is -0.0400.